The standard InChI is InChI=1S/C20H18N2O/c1-15-8-7-11-17(14-15)22-20(23)19(16-9-3-2-4-10-16)18-12-5-6-13-21-18/h2-14,19H,1H3,(H,22,23). The largest absolute Gasteiger partial charge is 0.325 e. The van der Waals surface area contributed by atoms with Crippen LogP contribution in [0.5, 0.6) is 0 Å². The molecule has 0 bridgehead atoms. The van der Waals surface area contributed by atoms with E-state index in [-0.39, 0.29) is 5.91 Å². The van der Waals surface area contributed by atoms with Crippen molar-refractivity contribution >= 4 is 11.6 Å². The number of rotatable bonds is 4. The van der Waals surface area contributed by atoms with E-state index in [1.165, 1.54) is 0 Å². The molecule has 1 atom stereocenters. The zero-order valence-electron chi connectivity index (χ0n) is 12.9. The van der Waals surface area contributed by atoms with Crippen LogP contribution in [0, 0.1) is 6.92 Å². The van der Waals surface area contributed by atoms with Crippen LogP contribution in [-0.2, 0) is 4.79 Å². The Balaban J connectivity index is 1.94. The predicted octanol–water partition coefficient (Wildman–Crippen LogP) is 4.16. The molecule has 1 aromatic heterocycles. The van der Waals surface area contributed by atoms with Crippen molar-refractivity contribution in [3.63, 3.8) is 0 Å². The number of benzene rings is 2. The normalized spacial score (nSPS) is 11.7. The molecule has 1 amide bonds. The van der Waals surface area contributed by atoms with Crippen molar-refractivity contribution in [2.24, 2.45) is 0 Å². The Morgan fingerprint density at radius 2 is 1.74 bits per heavy atom. The van der Waals surface area contributed by atoms with Crippen LogP contribution in [0.2, 0.25) is 0 Å². The van der Waals surface area contributed by atoms with Gasteiger partial charge in [0.1, 0.15) is 5.92 Å². The van der Waals surface area contributed by atoms with E-state index in [0.717, 1.165) is 22.5 Å². The molecule has 0 aliphatic rings. The van der Waals surface area contributed by atoms with Gasteiger partial charge in [-0.15, -0.1) is 0 Å². The molecule has 0 fully saturated rings. The highest BCUT2D eigenvalue weighted by Gasteiger charge is 2.23. The van der Waals surface area contributed by atoms with Crippen LogP contribution < -0.4 is 5.32 Å². The highest BCUT2D eigenvalue weighted by Crippen LogP contribution is 2.25. The number of nitrogens with zero attached hydrogens (tertiary/aromatic N) is 1. The molecule has 114 valence electrons. The first kappa shape index (κ1) is 15.0. The minimum Gasteiger partial charge on any atom is -0.325 e. The third kappa shape index (κ3) is 3.64. The summed E-state index contributed by atoms with van der Waals surface area (Å²) < 4.78 is 0. The fourth-order valence-corrected chi connectivity index (χ4v) is 2.59. The van der Waals surface area contributed by atoms with Crippen LogP contribution in [0.25, 0.3) is 0 Å². The van der Waals surface area contributed by atoms with Gasteiger partial charge in [0.2, 0.25) is 5.91 Å². The van der Waals surface area contributed by atoms with Crippen LogP contribution >= 0.6 is 0 Å². The second kappa shape index (κ2) is 6.88. The zero-order valence-corrected chi connectivity index (χ0v) is 12.9. The molecule has 0 spiro atoms. The van der Waals surface area contributed by atoms with E-state index in [1.54, 1.807) is 6.20 Å². The van der Waals surface area contributed by atoms with Gasteiger partial charge in [0.25, 0.3) is 0 Å². The minimum absolute atomic E-state index is 0.0829. The van der Waals surface area contributed by atoms with Crippen molar-refractivity contribution in [1.82, 2.24) is 4.98 Å². The van der Waals surface area contributed by atoms with Crippen molar-refractivity contribution in [2.75, 3.05) is 5.32 Å². The van der Waals surface area contributed by atoms with E-state index in [1.807, 2.05) is 79.7 Å². The van der Waals surface area contributed by atoms with Gasteiger partial charge in [0, 0.05) is 11.9 Å². The van der Waals surface area contributed by atoms with Gasteiger partial charge in [-0.3, -0.25) is 9.78 Å². The molecule has 3 heteroatoms. The maximum atomic E-state index is 12.9. The summed E-state index contributed by atoms with van der Waals surface area (Å²) in [6, 6.07) is 23.1. The van der Waals surface area contributed by atoms with Gasteiger partial charge in [0.15, 0.2) is 0 Å². The maximum Gasteiger partial charge on any atom is 0.237 e. The average molecular weight is 302 g/mol. The molecule has 1 N–H and O–H groups in total. The number of aryl methyl sites for hydroxylation is 1. The number of anilines is 1. The Hall–Kier alpha value is -2.94. The molecule has 3 aromatic rings. The molecule has 0 saturated heterocycles. The predicted molar refractivity (Wildman–Crippen MR) is 92.3 cm³/mol. The van der Waals surface area contributed by atoms with E-state index in [2.05, 4.69) is 10.3 Å². The lowest BCUT2D eigenvalue weighted by atomic mass is 9.94. The maximum absolute atomic E-state index is 12.9. The van der Waals surface area contributed by atoms with E-state index in [4.69, 9.17) is 0 Å². The molecule has 1 heterocycles. The Morgan fingerprint density at radius 1 is 0.957 bits per heavy atom. The van der Waals surface area contributed by atoms with Gasteiger partial charge in [-0.2, -0.15) is 0 Å². The Morgan fingerprint density at radius 3 is 2.43 bits per heavy atom. The second-order valence-corrected chi connectivity index (χ2v) is 5.46. The van der Waals surface area contributed by atoms with Gasteiger partial charge in [0.05, 0.1) is 5.69 Å². The number of amides is 1. The summed E-state index contributed by atoms with van der Waals surface area (Å²) in [6.07, 6.45) is 1.71. The molecule has 0 aliphatic carbocycles. The van der Waals surface area contributed by atoms with Gasteiger partial charge in [-0.25, -0.2) is 0 Å². The molecular weight excluding hydrogens is 284 g/mol. The molecule has 23 heavy (non-hydrogen) atoms. The first-order valence-corrected chi connectivity index (χ1v) is 7.57. The lowest BCUT2D eigenvalue weighted by Crippen LogP contribution is -2.23. The summed E-state index contributed by atoms with van der Waals surface area (Å²) in [6.45, 7) is 2.00. The van der Waals surface area contributed by atoms with Crippen LogP contribution in [-0.4, -0.2) is 10.9 Å². The van der Waals surface area contributed by atoms with E-state index >= 15 is 0 Å². The number of pyridine rings is 1. The number of hydrogen-bond acceptors (Lipinski definition) is 2. The average Bonchev–Trinajstić information content (AvgIpc) is 2.57. The van der Waals surface area contributed by atoms with Crippen LogP contribution in [0.3, 0.4) is 0 Å². The first-order valence-electron chi connectivity index (χ1n) is 7.57. The molecule has 2 aromatic carbocycles. The molecule has 1 unspecified atom stereocenters. The summed E-state index contributed by atoms with van der Waals surface area (Å²) in [5.74, 6) is -0.515. The number of carbonyl (C=O) groups excluding carboxylic acids is 1. The zero-order chi connectivity index (χ0) is 16.1. The Kier molecular flexibility index (Phi) is 4.48. The van der Waals surface area contributed by atoms with Crippen LogP contribution in [0.4, 0.5) is 5.69 Å². The number of carbonyl (C=O) groups is 1. The molecule has 3 rings (SSSR count). The monoisotopic (exact) mass is 302 g/mol. The lowest BCUT2D eigenvalue weighted by molar-refractivity contribution is -0.116. The number of hydrogen-bond donors (Lipinski definition) is 1. The van der Waals surface area contributed by atoms with E-state index < -0.39 is 5.92 Å². The quantitative estimate of drug-likeness (QED) is 0.786. The lowest BCUT2D eigenvalue weighted by Gasteiger charge is -2.17. The van der Waals surface area contributed by atoms with Crippen molar-refractivity contribution in [1.29, 1.82) is 0 Å². The fraction of sp³-hybridized carbons (Fsp3) is 0.100. The third-order valence-electron chi connectivity index (χ3n) is 3.66. The van der Waals surface area contributed by atoms with Gasteiger partial charge in [-0.1, -0.05) is 48.5 Å². The Labute approximate surface area is 136 Å². The second-order valence-electron chi connectivity index (χ2n) is 5.46. The smallest absolute Gasteiger partial charge is 0.237 e. The molecule has 0 saturated carbocycles. The van der Waals surface area contributed by atoms with Crippen molar-refractivity contribution < 1.29 is 4.79 Å². The van der Waals surface area contributed by atoms with Crippen molar-refractivity contribution in [3.8, 4) is 0 Å². The fourth-order valence-electron chi connectivity index (χ4n) is 2.59. The van der Waals surface area contributed by atoms with Crippen molar-refractivity contribution in [2.45, 2.75) is 12.8 Å². The summed E-state index contributed by atoms with van der Waals surface area (Å²) in [5, 5.41) is 3.00. The highest BCUT2D eigenvalue weighted by molar-refractivity contribution is 5.97. The van der Waals surface area contributed by atoms with Gasteiger partial charge < -0.3 is 5.32 Å². The Bertz CT molecular complexity index is 746. The molecule has 0 aliphatic heterocycles. The minimum atomic E-state index is -0.432. The SMILES string of the molecule is Cc1cccc(NC(=O)C(c2ccccc2)c2ccccn2)c1. The van der Waals surface area contributed by atoms with E-state index in [0.29, 0.717) is 0 Å². The molecule has 3 nitrogen and oxygen atoms in total. The molecular formula is C20H18N2O. The molecule has 0 radical (unpaired) electrons. The number of nitrogens with one attached hydrogen (secondary N) is 1. The topological polar surface area (TPSA) is 42.0 Å². The van der Waals surface area contributed by atoms with Crippen molar-refractivity contribution in [3.05, 3.63) is 95.8 Å². The number of aromatic nitrogens is 1. The van der Waals surface area contributed by atoms with Crippen LogP contribution in [0.15, 0.2) is 79.0 Å². The van der Waals surface area contributed by atoms with Crippen LogP contribution in [0.1, 0.15) is 22.7 Å². The highest BCUT2D eigenvalue weighted by atomic mass is 16.1. The summed E-state index contributed by atoms with van der Waals surface area (Å²) in [7, 11) is 0. The summed E-state index contributed by atoms with van der Waals surface area (Å²) in [4.78, 5) is 17.2. The van der Waals surface area contributed by atoms with E-state index in [9.17, 15) is 4.79 Å². The third-order valence-corrected chi connectivity index (χ3v) is 3.66. The first-order chi connectivity index (χ1) is 11.2. The summed E-state index contributed by atoms with van der Waals surface area (Å²) in [5.41, 5.74) is 3.57. The van der Waals surface area contributed by atoms with Gasteiger partial charge >= 0.3 is 0 Å². The van der Waals surface area contributed by atoms with Gasteiger partial charge in [-0.05, 0) is 42.3 Å². The summed E-state index contributed by atoms with van der Waals surface area (Å²) >= 11 is 0.